The molecule has 0 aliphatic carbocycles. The Labute approximate surface area is 207 Å². The standard InChI is InChI=1S/C26H27BrN2O3S/c1-18-9-19(2)11-22(10-18)16-33-17-25(30)29-28-14-21-12-23(27)26(24(13-21)31-3)32-15-20-7-5-4-6-8-20/h4-14H,15-17H2,1-3H3,(H,29,30)/b28-14-. The summed E-state index contributed by atoms with van der Waals surface area (Å²) in [6, 6.07) is 20.0. The summed E-state index contributed by atoms with van der Waals surface area (Å²) in [6.45, 7) is 4.59. The number of methoxy groups -OCH3 is 1. The maximum atomic E-state index is 12.1. The van der Waals surface area contributed by atoms with Gasteiger partial charge in [0.05, 0.1) is 23.5 Å². The minimum atomic E-state index is -0.144. The van der Waals surface area contributed by atoms with Gasteiger partial charge in [-0.25, -0.2) is 5.43 Å². The van der Waals surface area contributed by atoms with Crippen LogP contribution in [0.3, 0.4) is 0 Å². The highest BCUT2D eigenvalue weighted by molar-refractivity contribution is 9.10. The number of halogens is 1. The van der Waals surface area contributed by atoms with Gasteiger partial charge in [-0.15, -0.1) is 11.8 Å². The van der Waals surface area contributed by atoms with E-state index >= 15 is 0 Å². The summed E-state index contributed by atoms with van der Waals surface area (Å²) in [5.41, 5.74) is 8.11. The molecule has 0 heterocycles. The number of hydrogen-bond donors (Lipinski definition) is 1. The van der Waals surface area contributed by atoms with Gasteiger partial charge in [0.1, 0.15) is 6.61 Å². The van der Waals surface area contributed by atoms with Crippen LogP contribution in [-0.4, -0.2) is 25.0 Å². The van der Waals surface area contributed by atoms with E-state index in [2.05, 4.69) is 58.5 Å². The van der Waals surface area contributed by atoms with Gasteiger partial charge in [-0.2, -0.15) is 5.10 Å². The predicted octanol–water partition coefficient (Wildman–Crippen LogP) is 6.04. The van der Waals surface area contributed by atoms with Crippen LogP contribution in [0.2, 0.25) is 0 Å². The molecule has 0 aliphatic rings. The molecule has 0 radical (unpaired) electrons. The Morgan fingerprint density at radius 2 is 1.79 bits per heavy atom. The molecule has 0 spiro atoms. The first kappa shape index (κ1) is 24.9. The Balaban J connectivity index is 1.52. The monoisotopic (exact) mass is 526 g/mol. The van der Waals surface area contributed by atoms with E-state index in [1.54, 1.807) is 25.1 Å². The van der Waals surface area contributed by atoms with Crippen LogP contribution in [0.5, 0.6) is 11.5 Å². The first-order valence-electron chi connectivity index (χ1n) is 10.5. The van der Waals surface area contributed by atoms with Crippen molar-refractivity contribution in [1.82, 2.24) is 5.43 Å². The summed E-state index contributed by atoms with van der Waals surface area (Å²) in [4.78, 5) is 12.1. The van der Waals surface area contributed by atoms with Crippen LogP contribution >= 0.6 is 27.7 Å². The highest BCUT2D eigenvalue weighted by atomic mass is 79.9. The molecule has 0 saturated carbocycles. The lowest BCUT2D eigenvalue weighted by atomic mass is 10.1. The van der Waals surface area contributed by atoms with E-state index < -0.39 is 0 Å². The molecule has 7 heteroatoms. The van der Waals surface area contributed by atoms with Crippen molar-refractivity contribution in [2.24, 2.45) is 5.10 Å². The molecule has 0 bridgehead atoms. The zero-order chi connectivity index (χ0) is 23.6. The van der Waals surface area contributed by atoms with Gasteiger partial charge < -0.3 is 9.47 Å². The molecule has 3 rings (SSSR count). The molecule has 5 nitrogen and oxygen atoms in total. The van der Waals surface area contributed by atoms with Crippen LogP contribution in [0.15, 0.2) is 70.2 Å². The van der Waals surface area contributed by atoms with Crippen LogP contribution in [-0.2, 0) is 17.2 Å². The number of rotatable bonds is 10. The molecule has 3 aromatic rings. The Hall–Kier alpha value is -2.77. The number of hydrazone groups is 1. The summed E-state index contributed by atoms with van der Waals surface area (Å²) >= 11 is 5.10. The fourth-order valence-electron chi connectivity index (χ4n) is 3.31. The minimum absolute atomic E-state index is 0.144. The van der Waals surface area contributed by atoms with Gasteiger partial charge in [0.25, 0.3) is 0 Å². The first-order chi connectivity index (χ1) is 15.9. The SMILES string of the molecule is COc1cc(/C=N\NC(=O)CSCc2cc(C)cc(C)c2)cc(Br)c1OCc1ccccc1. The van der Waals surface area contributed by atoms with Crippen molar-refractivity contribution in [3.05, 3.63) is 93.0 Å². The number of carbonyl (C=O) groups excluding carboxylic acids is 1. The topological polar surface area (TPSA) is 59.9 Å². The number of thioether (sulfide) groups is 1. The average molecular weight is 527 g/mol. The Kier molecular flexibility index (Phi) is 9.39. The van der Waals surface area contributed by atoms with Gasteiger partial charge >= 0.3 is 0 Å². The number of nitrogens with one attached hydrogen (secondary N) is 1. The lowest BCUT2D eigenvalue weighted by Gasteiger charge is -2.13. The fraction of sp³-hybridized carbons (Fsp3) is 0.231. The zero-order valence-corrected chi connectivity index (χ0v) is 21.3. The lowest BCUT2D eigenvalue weighted by molar-refractivity contribution is -0.118. The maximum absolute atomic E-state index is 12.1. The summed E-state index contributed by atoms with van der Waals surface area (Å²) in [6.07, 6.45) is 1.58. The quantitative estimate of drug-likeness (QED) is 0.258. The molecule has 0 aliphatic heterocycles. The van der Waals surface area contributed by atoms with Gasteiger partial charge in [-0.1, -0.05) is 59.7 Å². The van der Waals surface area contributed by atoms with Crippen molar-refractivity contribution in [2.75, 3.05) is 12.9 Å². The van der Waals surface area contributed by atoms with Crippen molar-refractivity contribution in [1.29, 1.82) is 0 Å². The molecule has 172 valence electrons. The van der Waals surface area contributed by atoms with Crippen molar-refractivity contribution in [2.45, 2.75) is 26.2 Å². The van der Waals surface area contributed by atoms with E-state index in [1.165, 1.54) is 16.7 Å². The summed E-state index contributed by atoms with van der Waals surface area (Å²) in [7, 11) is 1.59. The predicted molar refractivity (Wildman–Crippen MR) is 139 cm³/mol. The number of benzene rings is 3. The molecular weight excluding hydrogens is 500 g/mol. The first-order valence-corrected chi connectivity index (χ1v) is 12.4. The number of nitrogens with zero attached hydrogens (tertiary/aromatic N) is 1. The smallest absolute Gasteiger partial charge is 0.250 e. The van der Waals surface area contributed by atoms with Crippen LogP contribution in [0, 0.1) is 13.8 Å². The minimum Gasteiger partial charge on any atom is -0.493 e. The highest BCUT2D eigenvalue weighted by Crippen LogP contribution is 2.36. The Morgan fingerprint density at radius 3 is 2.48 bits per heavy atom. The average Bonchev–Trinajstić information content (AvgIpc) is 2.78. The van der Waals surface area contributed by atoms with Crippen molar-refractivity contribution >= 4 is 39.8 Å². The molecule has 0 atom stereocenters. The number of aryl methyl sites for hydroxylation is 2. The van der Waals surface area contributed by atoms with E-state index in [0.717, 1.165) is 21.4 Å². The molecule has 33 heavy (non-hydrogen) atoms. The van der Waals surface area contributed by atoms with E-state index in [-0.39, 0.29) is 5.91 Å². The molecule has 0 saturated heterocycles. The van der Waals surface area contributed by atoms with Gasteiger partial charge in [0.15, 0.2) is 11.5 Å². The second kappa shape index (κ2) is 12.5. The van der Waals surface area contributed by atoms with Crippen LogP contribution in [0.25, 0.3) is 0 Å². The number of ether oxygens (including phenoxy) is 2. The van der Waals surface area contributed by atoms with Gasteiger partial charge in [-0.05, 0) is 58.6 Å². The molecule has 1 amide bonds. The largest absolute Gasteiger partial charge is 0.493 e. The number of carbonyl (C=O) groups is 1. The molecule has 0 fully saturated rings. The lowest BCUT2D eigenvalue weighted by Crippen LogP contribution is -2.19. The number of amides is 1. The number of hydrogen-bond acceptors (Lipinski definition) is 5. The van der Waals surface area contributed by atoms with Crippen molar-refractivity contribution in [3.63, 3.8) is 0 Å². The fourth-order valence-corrected chi connectivity index (χ4v) is 4.64. The molecule has 3 aromatic carbocycles. The van der Waals surface area contributed by atoms with Gasteiger partial charge in [0, 0.05) is 5.75 Å². The van der Waals surface area contributed by atoms with Crippen molar-refractivity contribution in [3.8, 4) is 11.5 Å². The van der Waals surface area contributed by atoms with Crippen LogP contribution < -0.4 is 14.9 Å². The third-order valence-corrected chi connectivity index (χ3v) is 6.26. The summed E-state index contributed by atoms with van der Waals surface area (Å²) < 4.78 is 12.2. The normalized spacial score (nSPS) is 10.9. The molecule has 0 unspecified atom stereocenters. The van der Waals surface area contributed by atoms with E-state index in [4.69, 9.17) is 9.47 Å². The summed E-state index contributed by atoms with van der Waals surface area (Å²) in [5.74, 6) is 2.18. The van der Waals surface area contributed by atoms with Gasteiger partial charge in [-0.3, -0.25) is 4.79 Å². The molecular formula is C26H27BrN2O3S. The highest BCUT2D eigenvalue weighted by Gasteiger charge is 2.12. The third-order valence-electron chi connectivity index (χ3n) is 4.66. The second-order valence-electron chi connectivity index (χ2n) is 7.59. The van der Waals surface area contributed by atoms with E-state index in [9.17, 15) is 4.79 Å². The van der Waals surface area contributed by atoms with E-state index in [1.807, 2.05) is 42.5 Å². The van der Waals surface area contributed by atoms with Crippen LogP contribution in [0.4, 0.5) is 0 Å². The van der Waals surface area contributed by atoms with Crippen LogP contribution in [0.1, 0.15) is 27.8 Å². The molecule has 0 aromatic heterocycles. The second-order valence-corrected chi connectivity index (χ2v) is 9.43. The molecule has 1 N–H and O–H groups in total. The Bertz CT molecular complexity index is 1100. The maximum Gasteiger partial charge on any atom is 0.250 e. The van der Waals surface area contributed by atoms with E-state index in [0.29, 0.717) is 23.9 Å². The van der Waals surface area contributed by atoms with Crippen molar-refractivity contribution < 1.29 is 14.3 Å². The summed E-state index contributed by atoms with van der Waals surface area (Å²) in [5, 5.41) is 4.08. The Morgan fingerprint density at radius 1 is 1.06 bits per heavy atom. The van der Waals surface area contributed by atoms with Gasteiger partial charge in [0.2, 0.25) is 5.91 Å². The third kappa shape index (κ3) is 7.94. The zero-order valence-electron chi connectivity index (χ0n) is 18.9.